The molecule has 1 aliphatic rings. The van der Waals surface area contributed by atoms with E-state index in [-0.39, 0.29) is 5.91 Å². The predicted octanol–water partition coefficient (Wildman–Crippen LogP) is 3.92. The lowest BCUT2D eigenvalue weighted by atomic mass is 9.97. The van der Waals surface area contributed by atoms with E-state index in [1.54, 1.807) is 0 Å². The number of rotatable bonds is 2. The molecular weight excluding hydrogens is 272 g/mol. The summed E-state index contributed by atoms with van der Waals surface area (Å²) in [6, 6.07) is 11.4. The van der Waals surface area contributed by atoms with Crippen LogP contribution in [0.5, 0.6) is 0 Å². The van der Waals surface area contributed by atoms with E-state index in [1.807, 2.05) is 36.4 Å². The molecule has 20 heavy (non-hydrogen) atoms. The second-order valence-electron chi connectivity index (χ2n) is 4.69. The van der Waals surface area contributed by atoms with E-state index in [0.717, 1.165) is 27.9 Å². The number of nitrogens with one attached hydrogen (secondary N) is 1. The van der Waals surface area contributed by atoms with Crippen molar-refractivity contribution in [1.82, 2.24) is 0 Å². The Morgan fingerprint density at radius 1 is 1.30 bits per heavy atom. The second kappa shape index (κ2) is 4.99. The van der Waals surface area contributed by atoms with Crippen LogP contribution >= 0.6 is 11.6 Å². The van der Waals surface area contributed by atoms with Crippen molar-refractivity contribution >= 4 is 23.2 Å². The largest absolute Gasteiger partial charge is 0.326 e. The van der Waals surface area contributed by atoms with Crippen LogP contribution in [0.1, 0.15) is 11.1 Å². The highest BCUT2D eigenvalue weighted by atomic mass is 35.5. The zero-order valence-corrected chi connectivity index (χ0v) is 11.4. The molecule has 0 aliphatic carbocycles. The Kier molecular flexibility index (Phi) is 3.17. The Morgan fingerprint density at radius 2 is 2.15 bits per heavy atom. The molecule has 0 saturated carbocycles. The standard InChI is InChI=1S/C16H11ClN2O/c1-18-9-11-3-2-4-13(17)16(11)10-5-6-14-12(7-10)8-15(20)19-14/h2-7H,8-9H2,(H,19,20). The van der Waals surface area contributed by atoms with Gasteiger partial charge in [0.05, 0.1) is 6.42 Å². The highest BCUT2D eigenvalue weighted by Crippen LogP contribution is 2.35. The topological polar surface area (TPSA) is 33.5 Å². The monoisotopic (exact) mass is 282 g/mol. The van der Waals surface area contributed by atoms with E-state index in [0.29, 0.717) is 18.0 Å². The zero-order valence-electron chi connectivity index (χ0n) is 10.6. The van der Waals surface area contributed by atoms with Crippen LogP contribution in [0.4, 0.5) is 5.69 Å². The Labute approximate surface area is 122 Å². The maximum atomic E-state index is 11.4. The molecule has 0 unspecified atom stereocenters. The van der Waals surface area contributed by atoms with E-state index in [9.17, 15) is 4.79 Å². The Hall–Kier alpha value is -2.31. The highest BCUT2D eigenvalue weighted by molar-refractivity contribution is 6.33. The molecule has 0 saturated heterocycles. The Balaban J connectivity index is 2.13. The summed E-state index contributed by atoms with van der Waals surface area (Å²) in [7, 11) is 0. The van der Waals surface area contributed by atoms with Crippen LogP contribution in [0.25, 0.3) is 16.0 Å². The van der Waals surface area contributed by atoms with Gasteiger partial charge in [-0.15, -0.1) is 0 Å². The molecule has 2 aromatic rings. The van der Waals surface area contributed by atoms with Crippen LogP contribution in [0.3, 0.4) is 0 Å². The molecule has 1 heterocycles. The summed E-state index contributed by atoms with van der Waals surface area (Å²) in [6.07, 6.45) is 0.395. The summed E-state index contributed by atoms with van der Waals surface area (Å²) in [5.74, 6) is 0.0118. The maximum Gasteiger partial charge on any atom is 0.240 e. The third-order valence-corrected chi connectivity index (χ3v) is 3.68. The van der Waals surface area contributed by atoms with Gasteiger partial charge in [0.25, 0.3) is 0 Å². The van der Waals surface area contributed by atoms with Crippen molar-refractivity contribution in [1.29, 1.82) is 0 Å². The minimum Gasteiger partial charge on any atom is -0.326 e. The van der Waals surface area contributed by atoms with Crippen LogP contribution in [-0.4, -0.2) is 5.91 Å². The number of anilines is 1. The minimum atomic E-state index is 0.0118. The first-order valence-electron chi connectivity index (χ1n) is 6.23. The third-order valence-electron chi connectivity index (χ3n) is 3.37. The van der Waals surface area contributed by atoms with Gasteiger partial charge in [-0.25, -0.2) is 6.57 Å². The van der Waals surface area contributed by atoms with Crippen molar-refractivity contribution in [3.05, 3.63) is 64.0 Å². The molecule has 0 spiro atoms. The number of hydrogen-bond acceptors (Lipinski definition) is 1. The Morgan fingerprint density at radius 3 is 2.95 bits per heavy atom. The molecule has 0 aromatic heterocycles. The lowest BCUT2D eigenvalue weighted by Gasteiger charge is -2.09. The SMILES string of the molecule is [C-]#[N+]Cc1cccc(Cl)c1-c1ccc2c(c1)CC(=O)N2. The molecule has 1 aliphatic heterocycles. The minimum absolute atomic E-state index is 0.0118. The summed E-state index contributed by atoms with van der Waals surface area (Å²) < 4.78 is 0. The maximum absolute atomic E-state index is 11.4. The van der Waals surface area contributed by atoms with E-state index < -0.39 is 0 Å². The van der Waals surface area contributed by atoms with Crippen molar-refractivity contribution in [2.24, 2.45) is 0 Å². The normalized spacial score (nSPS) is 12.7. The molecule has 2 aromatic carbocycles. The highest BCUT2D eigenvalue weighted by Gasteiger charge is 2.19. The lowest BCUT2D eigenvalue weighted by molar-refractivity contribution is -0.115. The summed E-state index contributed by atoms with van der Waals surface area (Å²) in [5.41, 5.74) is 4.57. The molecule has 0 radical (unpaired) electrons. The first kappa shape index (κ1) is 12.7. The number of carbonyl (C=O) groups is 1. The van der Waals surface area contributed by atoms with Gasteiger partial charge in [-0.05, 0) is 29.3 Å². The van der Waals surface area contributed by atoms with Crippen molar-refractivity contribution in [3.8, 4) is 11.1 Å². The fraction of sp³-hybridized carbons (Fsp3) is 0.125. The second-order valence-corrected chi connectivity index (χ2v) is 5.09. The van der Waals surface area contributed by atoms with Gasteiger partial charge in [-0.3, -0.25) is 4.79 Å². The molecule has 4 heteroatoms. The quantitative estimate of drug-likeness (QED) is 0.832. The van der Waals surface area contributed by atoms with Gasteiger partial charge >= 0.3 is 0 Å². The fourth-order valence-electron chi connectivity index (χ4n) is 2.49. The smallest absolute Gasteiger partial charge is 0.240 e. The third kappa shape index (κ3) is 2.15. The number of halogens is 1. The van der Waals surface area contributed by atoms with Gasteiger partial charge < -0.3 is 10.2 Å². The number of fused-ring (bicyclic) bond motifs is 1. The summed E-state index contributed by atoms with van der Waals surface area (Å²) in [5, 5.41) is 3.44. The first-order chi connectivity index (χ1) is 9.69. The molecule has 1 amide bonds. The van der Waals surface area contributed by atoms with E-state index in [4.69, 9.17) is 18.2 Å². The summed E-state index contributed by atoms with van der Waals surface area (Å²) in [6.45, 7) is 7.34. The van der Waals surface area contributed by atoms with Crippen LogP contribution in [-0.2, 0) is 17.8 Å². The average Bonchev–Trinajstić information content (AvgIpc) is 2.78. The number of hydrogen-bond donors (Lipinski definition) is 1. The molecule has 0 atom stereocenters. The van der Waals surface area contributed by atoms with Gasteiger partial charge in [0.15, 0.2) is 0 Å². The lowest BCUT2D eigenvalue weighted by Crippen LogP contribution is -2.03. The molecule has 0 fully saturated rings. The fourth-order valence-corrected chi connectivity index (χ4v) is 2.80. The summed E-state index contributed by atoms with van der Waals surface area (Å²) in [4.78, 5) is 14.8. The van der Waals surface area contributed by atoms with Crippen LogP contribution < -0.4 is 5.32 Å². The molecular formula is C16H11ClN2O. The van der Waals surface area contributed by atoms with Crippen molar-refractivity contribution in [2.75, 3.05) is 5.32 Å². The first-order valence-corrected chi connectivity index (χ1v) is 6.60. The molecule has 3 nitrogen and oxygen atoms in total. The van der Waals surface area contributed by atoms with Gasteiger partial charge in [0.2, 0.25) is 12.5 Å². The van der Waals surface area contributed by atoms with Crippen molar-refractivity contribution < 1.29 is 4.79 Å². The van der Waals surface area contributed by atoms with Crippen molar-refractivity contribution in [2.45, 2.75) is 13.0 Å². The van der Waals surface area contributed by atoms with Gasteiger partial charge in [0, 0.05) is 21.8 Å². The van der Waals surface area contributed by atoms with E-state index in [2.05, 4.69) is 10.2 Å². The van der Waals surface area contributed by atoms with Crippen LogP contribution in [0.2, 0.25) is 5.02 Å². The van der Waals surface area contributed by atoms with E-state index >= 15 is 0 Å². The van der Waals surface area contributed by atoms with Gasteiger partial charge in [-0.2, -0.15) is 0 Å². The molecule has 1 N–H and O–H groups in total. The number of benzene rings is 2. The predicted molar refractivity (Wildman–Crippen MR) is 79.5 cm³/mol. The Bertz CT molecular complexity index is 747. The van der Waals surface area contributed by atoms with Crippen LogP contribution in [0.15, 0.2) is 36.4 Å². The number of amides is 1. The summed E-state index contributed by atoms with van der Waals surface area (Å²) >= 11 is 6.29. The van der Waals surface area contributed by atoms with Gasteiger partial charge in [-0.1, -0.05) is 29.8 Å². The average molecular weight is 283 g/mol. The number of nitrogens with zero attached hydrogens (tertiary/aromatic N) is 1. The van der Waals surface area contributed by atoms with Crippen LogP contribution in [0, 0.1) is 6.57 Å². The molecule has 0 bridgehead atoms. The zero-order chi connectivity index (χ0) is 14.1. The van der Waals surface area contributed by atoms with Crippen molar-refractivity contribution in [3.63, 3.8) is 0 Å². The molecule has 3 rings (SSSR count). The molecule has 98 valence electrons. The van der Waals surface area contributed by atoms with Gasteiger partial charge in [0.1, 0.15) is 0 Å². The van der Waals surface area contributed by atoms with E-state index in [1.165, 1.54) is 0 Å². The number of carbonyl (C=O) groups excluding carboxylic acids is 1.